The Morgan fingerprint density at radius 1 is 1.04 bits per heavy atom. The molecule has 142 valence electrons. The molecule has 0 saturated carbocycles. The van der Waals surface area contributed by atoms with Gasteiger partial charge >= 0.3 is 0 Å². The zero-order valence-corrected chi connectivity index (χ0v) is 16.5. The van der Waals surface area contributed by atoms with E-state index in [0.29, 0.717) is 17.0 Å². The predicted molar refractivity (Wildman–Crippen MR) is 107 cm³/mol. The summed E-state index contributed by atoms with van der Waals surface area (Å²) in [5.74, 6) is 0. The fraction of sp³-hybridized carbons (Fsp3) is 0.381. The summed E-state index contributed by atoms with van der Waals surface area (Å²) in [5, 5.41) is 12.1. The molecule has 5 nitrogen and oxygen atoms in total. The third-order valence-corrected chi connectivity index (χ3v) is 7.26. The second kappa shape index (κ2) is 8.12. The molecular formula is C21H25N3O2S. The Morgan fingerprint density at radius 2 is 1.63 bits per heavy atom. The maximum absolute atomic E-state index is 13.0. The van der Waals surface area contributed by atoms with Gasteiger partial charge in [0.05, 0.1) is 16.5 Å². The van der Waals surface area contributed by atoms with Crippen molar-refractivity contribution in [3.05, 3.63) is 59.7 Å². The number of anilines is 1. The third-order valence-electron chi connectivity index (χ3n) is 5.12. The highest BCUT2D eigenvalue weighted by Gasteiger charge is 2.35. The molecule has 0 amide bonds. The van der Waals surface area contributed by atoms with Crippen LogP contribution in [-0.2, 0) is 16.6 Å². The summed E-state index contributed by atoms with van der Waals surface area (Å²) in [5.41, 5.74) is 2.55. The van der Waals surface area contributed by atoms with E-state index in [0.717, 1.165) is 30.5 Å². The van der Waals surface area contributed by atoms with Gasteiger partial charge in [-0.3, -0.25) is 0 Å². The zero-order chi connectivity index (χ0) is 19.4. The molecule has 6 heteroatoms. The van der Waals surface area contributed by atoms with Crippen molar-refractivity contribution in [2.45, 2.75) is 56.6 Å². The number of rotatable bonds is 5. The Bertz CT molecular complexity index is 905. The van der Waals surface area contributed by atoms with Crippen LogP contribution in [0.25, 0.3) is 0 Å². The zero-order valence-electron chi connectivity index (χ0n) is 15.7. The van der Waals surface area contributed by atoms with Gasteiger partial charge in [-0.05, 0) is 68.7 Å². The van der Waals surface area contributed by atoms with Crippen molar-refractivity contribution in [2.24, 2.45) is 0 Å². The van der Waals surface area contributed by atoms with Crippen LogP contribution in [0.5, 0.6) is 0 Å². The lowest BCUT2D eigenvalue weighted by Crippen LogP contribution is -2.47. The molecule has 1 aliphatic rings. The molecule has 27 heavy (non-hydrogen) atoms. The van der Waals surface area contributed by atoms with Crippen LogP contribution in [0.4, 0.5) is 5.69 Å². The van der Waals surface area contributed by atoms with E-state index < -0.39 is 10.0 Å². The summed E-state index contributed by atoms with van der Waals surface area (Å²) in [6.07, 6.45) is 2.90. The van der Waals surface area contributed by atoms with Crippen LogP contribution in [0.3, 0.4) is 0 Å². The van der Waals surface area contributed by atoms with Gasteiger partial charge in [-0.1, -0.05) is 18.6 Å². The number of nitriles is 1. The number of benzene rings is 2. The minimum absolute atomic E-state index is 0.0351. The van der Waals surface area contributed by atoms with Crippen molar-refractivity contribution in [3.8, 4) is 6.07 Å². The molecule has 0 radical (unpaired) electrons. The first-order valence-corrected chi connectivity index (χ1v) is 10.7. The monoisotopic (exact) mass is 383 g/mol. The van der Waals surface area contributed by atoms with Crippen LogP contribution >= 0.6 is 0 Å². The number of nitrogens with zero attached hydrogens (tertiary/aromatic N) is 2. The highest BCUT2D eigenvalue weighted by molar-refractivity contribution is 7.89. The molecule has 1 saturated heterocycles. The number of hydrogen-bond donors (Lipinski definition) is 1. The molecule has 1 aliphatic heterocycles. The molecule has 0 aliphatic carbocycles. The second-order valence-electron chi connectivity index (χ2n) is 7.15. The minimum Gasteiger partial charge on any atom is -0.381 e. The Morgan fingerprint density at radius 3 is 2.19 bits per heavy atom. The van der Waals surface area contributed by atoms with E-state index in [-0.39, 0.29) is 12.1 Å². The molecule has 1 heterocycles. The second-order valence-corrected chi connectivity index (χ2v) is 8.99. The smallest absolute Gasteiger partial charge is 0.243 e. The molecule has 3 rings (SSSR count). The summed E-state index contributed by atoms with van der Waals surface area (Å²) in [4.78, 5) is 0.340. The van der Waals surface area contributed by atoms with Crippen LogP contribution in [0.15, 0.2) is 53.4 Å². The first kappa shape index (κ1) is 19.4. The Labute approximate surface area is 161 Å². The summed E-state index contributed by atoms with van der Waals surface area (Å²) in [6.45, 7) is 4.58. The highest BCUT2D eigenvalue weighted by atomic mass is 32.2. The highest BCUT2D eigenvalue weighted by Crippen LogP contribution is 2.30. The molecular weight excluding hydrogens is 358 g/mol. The van der Waals surface area contributed by atoms with Gasteiger partial charge in [-0.25, -0.2) is 8.42 Å². The Kier molecular flexibility index (Phi) is 5.83. The fourth-order valence-electron chi connectivity index (χ4n) is 3.64. The Hall–Kier alpha value is -2.36. The van der Waals surface area contributed by atoms with Crippen molar-refractivity contribution < 1.29 is 8.42 Å². The summed E-state index contributed by atoms with van der Waals surface area (Å²) >= 11 is 0. The average molecular weight is 384 g/mol. The molecule has 0 bridgehead atoms. The van der Waals surface area contributed by atoms with E-state index >= 15 is 0 Å². The standard InChI is InChI=1S/C21H25N3O2S/c1-16-4-3-5-17(2)24(16)27(25,26)21-12-10-20(11-13-21)23-15-19-8-6-18(14-22)7-9-19/h6-13,16-17,23H,3-5,15H2,1-2H3. The number of sulfonamides is 1. The molecule has 2 aromatic rings. The average Bonchev–Trinajstić information content (AvgIpc) is 2.67. The molecule has 2 unspecified atom stereocenters. The van der Waals surface area contributed by atoms with E-state index in [1.165, 1.54) is 0 Å². The Balaban J connectivity index is 1.69. The first-order valence-electron chi connectivity index (χ1n) is 9.28. The summed E-state index contributed by atoms with van der Waals surface area (Å²) < 4.78 is 27.7. The molecule has 1 fully saturated rings. The largest absolute Gasteiger partial charge is 0.381 e. The number of hydrogen-bond acceptors (Lipinski definition) is 4. The lowest BCUT2D eigenvalue weighted by Gasteiger charge is -2.37. The maximum atomic E-state index is 13.0. The van der Waals surface area contributed by atoms with E-state index in [2.05, 4.69) is 11.4 Å². The van der Waals surface area contributed by atoms with Gasteiger partial charge < -0.3 is 5.32 Å². The van der Waals surface area contributed by atoms with Crippen molar-refractivity contribution >= 4 is 15.7 Å². The topological polar surface area (TPSA) is 73.2 Å². The van der Waals surface area contributed by atoms with Gasteiger partial charge in [0, 0.05) is 24.3 Å². The van der Waals surface area contributed by atoms with Gasteiger partial charge in [0.2, 0.25) is 10.0 Å². The van der Waals surface area contributed by atoms with Crippen molar-refractivity contribution in [1.82, 2.24) is 4.31 Å². The van der Waals surface area contributed by atoms with Gasteiger partial charge in [0.15, 0.2) is 0 Å². The SMILES string of the molecule is CC1CCCC(C)N1S(=O)(=O)c1ccc(NCc2ccc(C#N)cc2)cc1. The van der Waals surface area contributed by atoms with Crippen LogP contribution in [0, 0.1) is 11.3 Å². The quantitative estimate of drug-likeness (QED) is 0.843. The van der Waals surface area contributed by atoms with Crippen LogP contribution in [0.1, 0.15) is 44.2 Å². The van der Waals surface area contributed by atoms with Crippen LogP contribution < -0.4 is 5.32 Å². The van der Waals surface area contributed by atoms with Gasteiger partial charge in [0.1, 0.15) is 0 Å². The number of piperidine rings is 1. The van der Waals surface area contributed by atoms with Crippen molar-refractivity contribution in [3.63, 3.8) is 0 Å². The van der Waals surface area contributed by atoms with Gasteiger partial charge in [-0.15, -0.1) is 0 Å². The first-order chi connectivity index (χ1) is 12.9. The fourth-order valence-corrected chi connectivity index (χ4v) is 5.52. The van der Waals surface area contributed by atoms with Gasteiger partial charge in [-0.2, -0.15) is 9.57 Å². The normalized spacial score (nSPS) is 20.8. The summed E-state index contributed by atoms with van der Waals surface area (Å²) in [6, 6.07) is 16.5. The lowest BCUT2D eigenvalue weighted by atomic mass is 10.0. The van der Waals surface area contributed by atoms with E-state index in [4.69, 9.17) is 5.26 Å². The molecule has 1 N–H and O–H groups in total. The maximum Gasteiger partial charge on any atom is 0.243 e. The predicted octanol–water partition coefficient (Wildman–Crippen LogP) is 4.12. The van der Waals surface area contributed by atoms with E-state index in [1.54, 1.807) is 40.7 Å². The minimum atomic E-state index is -3.48. The van der Waals surface area contributed by atoms with E-state index in [9.17, 15) is 8.42 Å². The van der Waals surface area contributed by atoms with Gasteiger partial charge in [0.25, 0.3) is 0 Å². The van der Waals surface area contributed by atoms with Crippen molar-refractivity contribution in [1.29, 1.82) is 5.26 Å². The molecule has 0 spiro atoms. The third kappa shape index (κ3) is 4.32. The van der Waals surface area contributed by atoms with E-state index in [1.807, 2.05) is 26.0 Å². The van der Waals surface area contributed by atoms with Crippen molar-refractivity contribution in [2.75, 3.05) is 5.32 Å². The lowest BCUT2D eigenvalue weighted by molar-refractivity contribution is 0.204. The summed E-state index contributed by atoms with van der Waals surface area (Å²) in [7, 11) is -3.48. The van der Waals surface area contributed by atoms with Crippen LogP contribution in [0.2, 0.25) is 0 Å². The molecule has 2 aromatic carbocycles. The van der Waals surface area contributed by atoms with Crippen LogP contribution in [-0.4, -0.2) is 24.8 Å². The molecule has 2 atom stereocenters. The molecule has 0 aromatic heterocycles. The number of nitrogens with one attached hydrogen (secondary N) is 1.